The Bertz CT molecular complexity index is 1930. The summed E-state index contributed by atoms with van der Waals surface area (Å²) in [4.78, 5) is 32.0. The first-order valence-electron chi connectivity index (χ1n) is 17.5. The number of nitrogens with zero attached hydrogens (tertiary/aromatic N) is 8. The van der Waals surface area contributed by atoms with Crippen molar-refractivity contribution >= 4 is 23.7 Å². The molecule has 0 spiro atoms. The van der Waals surface area contributed by atoms with Crippen molar-refractivity contribution in [2.45, 2.75) is 77.7 Å². The Morgan fingerprint density at radius 2 is 1.78 bits per heavy atom. The first-order valence-corrected chi connectivity index (χ1v) is 17.5. The summed E-state index contributed by atoms with van der Waals surface area (Å²) in [7, 11) is 1.87. The first kappa shape index (κ1) is 33.2. The lowest BCUT2D eigenvalue weighted by atomic mass is 9.93. The van der Waals surface area contributed by atoms with Crippen LogP contribution in [0.1, 0.15) is 74.0 Å². The first-order chi connectivity index (χ1) is 24.1. The summed E-state index contributed by atoms with van der Waals surface area (Å²) in [5.41, 5.74) is 6.97. The summed E-state index contributed by atoms with van der Waals surface area (Å²) in [5, 5.41) is 19.9. The van der Waals surface area contributed by atoms with Gasteiger partial charge in [0.15, 0.2) is 5.82 Å². The van der Waals surface area contributed by atoms with Crippen LogP contribution >= 0.6 is 0 Å². The van der Waals surface area contributed by atoms with Gasteiger partial charge >= 0.3 is 12.2 Å². The largest absolute Gasteiger partial charge is 0.445 e. The minimum Gasteiger partial charge on any atom is -0.445 e. The van der Waals surface area contributed by atoms with Gasteiger partial charge < -0.3 is 24.2 Å². The van der Waals surface area contributed by atoms with Gasteiger partial charge in [0.25, 0.3) is 0 Å². The van der Waals surface area contributed by atoms with E-state index in [-0.39, 0.29) is 24.8 Å². The predicted molar refractivity (Wildman–Crippen MR) is 188 cm³/mol. The molecule has 50 heavy (non-hydrogen) atoms. The molecule has 0 N–H and O–H groups in total. The summed E-state index contributed by atoms with van der Waals surface area (Å²) >= 11 is 0. The van der Waals surface area contributed by atoms with Gasteiger partial charge in [-0.2, -0.15) is 15.5 Å². The zero-order chi connectivity index (χ0) is 35.0. The Kier molecular flexibility index (Phi) is 8.99. The lowest BCUT2D eigenvalue weighted by Gasteiger charge is -2.34. The molecule has 2 aromatic carbocycles. The van der Waals surface area contributed by atoms with Crippen LogP contribution in [-0.2, 0) is 42.5 Å². The number of fused-ring (bicyclic) bond motifs is 2. The number of aromatic nitrogens is 4. The van der Waals surface area contributed by atoms with Gasteiger partial charge in [0.2, 0.25) is 0 Å². The number of carbonyl (C=O) groups is 2. The molecule has 2 amide bonds. The van der Waals surface area contributed by atoms with Crippen molar-refractivity contribution in [1.29, 1.82) is 5.26 Å². The third-order valence-electron chi connectivity index (χ3n) is 9.72. The van der Waals surface area contributed by atoms with Crippen LogP contribution in [0, 0.1) is 11.3 Å². The molecule has 2 aromatic heterocycles. The van der Waals surface area contributed by atoms with Gasteiger partial charge in [-0.1, -0.05) is 30.3 Å². The van der Waals surface area contributed by atoms with E-state index in [4.69, 9.17) is 14.6 Å². The number of amides is 2. The van der Waals surface area contributed by atoms with E-state index in [1.807, 2.05) is 70.4 Å². The molecule has 0 saturated carbocycles. The second-order valence-corrected chi connectivity index (χ2v) is 14.4. The van der Waals surface area contributed by atoms with Crippen LogP contribution < -0.4 is 4.90 Å². The molecule has 0 radical (unpaired) electrons. The van der Waals surface area contributed by atoms with E-state index in [9.17, 15) is 14.9 Å². The molecule has 0 unspecified atom stereocenters. The van der Waals surface area contributed by atoms with E-state index in [1.165, 1.54) is 0 Å². The van der Waals surface area contributed by atoms with Crippen molar-refractivity contribution in [1.82, 2.24) is 29.4 Å². The quantitative estimate of drug-likeness (QED) is 0.235. The molecule has 3 aliphatic rings. The van der Waals surface area contributed by atoms with Crippen LogP contribution in [0.2, 0.25) is 0 Å². The Balaban J connectivity index is 1.18. The summed E-state index contributed by atoms with van der Waals surface area (Å²) in [5.74, 6) is 0.817. The van der Waals surface area contributed by atoms with Crippen LogP contribution in [0.3, 0.4) is 0 Å². The predicted octanol–water partition coefficient (Wildman–Crippen LogP) is 6.51. The normalized spacial score (nSPS) is 16.4. The smallest absolute Gasteiger partial charge is 0.410 e. The molecule has 3 aliphatic heterocycles. The Morgan fingerprint density at radius 1 is 1.00 bits per heavy atom. The van der Waals surface area contributed by atoms with Crippen LogP contribution in [0.5, 0.6) is 0 Å². The fourth-order valence-corrected chi connectivity index (χ4v) is 7.28. The fraction of sp³-hybridized carbons (Fsp3) is 0.447. The van der Waals surface area contributed by atoms with Crippen LogP contribution in [0.15, 0.2) is 54.9 Å². The van der Waals surface area contributed by atoms with Crippen LogP contribution in [-0.4, -0.2) is 73.3 Å². The summed E-state index contributed by atoms with van der Waals surface area (Å²) < 4.78 is 15.3. The van der Waals surface area contributed by atoms with E-state index in [0.717, 1.165) is 77.2 Å². The Hall–Kier alpha value is -5.31. The lowest BCUT2D eigenvalue weighted by molar-refractivity contribution is 0.0222. The molecule has 12 nitrogen and oxygen atoms in total. The maximum Gasteiger partial charge on any atom is 0.410 e. The summed E-state index contributed by atoms with van der Waals surface area (Å²) in [6.45, 7) is 8.68. The summed E-state index contributed by atoms with van der Waals surface area (Å²) in [6, 6.07) is 16.3. The van der Waals surface area contributed by atoms with Crippen molar-refractivity contribution in [2.75, 3.05) is 31.1 Å². The number of aryl methyl sites for hydroxylation is 2. The number of benzene rings is 2. The number of hydrogen-bond acceptors (Lipinski definition) is 8. The van der Waals surface area contributed by atoms with Crippen molar-refractivity contribution in [3.05, 3.63) is 82.8 Å². The molecular formula is C38H44N8O4. The SMILES string of the molecule is Cn1cc(-c2cc3c(cc2C#N)N(c2nn(C4CCN(C(=O)OCc5ccccc5)CC4)c4c2CN(C(=O)OC(C)(C)C)CC4)CCC3)cn1. The number of ether oxygens (including phenoxy) is 2. The van der Waals surface area contributed by atoms with E-state index in [1.54, 1.807) is 20.7 Å². The minimum atomic E-state index is -0.605. The Labute approximate surface area is 292 Å². The van der Waals surface area contributed by atoms with Gasteiger partial charge in [-0.05, 0) is 69.7 Å². The van der Waals surface area contributed by atoms with Crippen molar-refractivity contribution < 1.29 is 19.1 Å². The fourth-order valence-electron chi connectivity index (χ4n) is 7.28. The van der Waals surface area contributed by atoms with Gasteiger partial charge in [0.1, 0.15) is 12.2 Å². The highest BCUT2D eigenvalue weighted by Crippen LogP contribution is 2.42. The van der Waals surface area contributed by atoms with E-state index < -0.39 is 5.60 Å². The van der Waals surface area contributed by atoms with Crippen LogP contribution in [0.4, 0.5) is 21.1 Å². The molecule has 5 heterocycles. The van der Waals surface area contributed by atoms with E-state index >= 15 is 0 Å². The number of likely N-dealkylation sites (tertiary alicyclic amines) is 1. The third kappa shape index (κ3) is 6.77. The zero-order valence-corrected chi connectivity index (χ0v) is 29.3. The lowest BCUT2D eigenvalue weighted by Crippen LogP contribution is -2.41. The number of rotatable bonds is 5. The molecule has 4 aromatic rings. The maximum absolute atomic E-state index is 13.3. The minimum absolute atomic E-state index is 0.0932. The van der Waals surface area contributed by atoms with Crippen molar-refractivity contribution in [3.63, 3.8) is 0 Å². The van der Waals surface area contributed by atoms with Crippen LogP contribution in [0.25, 0.3) is 11.1 Å². The molecule has 1 fully saturated rings. The molecule has 12 heteroatoms. The van der Waals surface area contributed by atoms with E-state index in [2.05, 4.69) is 26.8 Å². The molecule has 0 bridgehead atoms. The second kappa shape index (κ2) is 13.5. The number of hydrogen-bond donors (Lipinski definition) is 0. The van der Waals surface area contributed by atoms with Gasteiger partial charge in [-0.25, -0.2) is 9.59 Å². The van der Waals surface area contributed by atoms with Gasteiger partial charge in [-0.15, -0.1) is 0 Å². The highest BCUT2D eigenvalue weighted by atomic mass is 16.6. The van der Waals surface area contributed by atoms with Crippen molar-refractivity contribution in [2.24, 2.45) is 7.05 Å². The monoisotopic (exact) mass is 676 g/mol. The molecular weight excluding hydrogens is 632 g/mol. The van der Waals surface area contributed by atoms with E-state index in [0.29, 0.717) is 38.2 Å². The average molecular weight is 677 g/mol. The molecule has 260 valence electrons. The average Bonchev–Trinajstić information content (AvgIpc) is 3.73. The highest BCUT2D eigenvalue weighted by molar-refractivity contribution is 5.79. The number of piperidine rings is 1. The second-order valence-electron chi connectivity index (χ2n) is 14.4. The zero-order valence-electron chi connectivity index (χ0n) is 29.3. The topological polar surface area (TPSA) is 122 Å². The van der Waals surface area contributed by atoms with Gasteiger partial charge in [0, 0.05) is 73.9 Å². The highest BCUT2D eigenvalue weighted by Gasteiger charge is 2.36. The summed E-state index contributed by atoms with van der Waals surface area (Å²) in [6.07, 6.45) is 7.03. The maximum atomic E-state index is 13.3. The number of carbonyl (C=O) groups excluding carboxylic acids is 2. The van der Waals surface area contributed by atoms with Gasteiger partial charge in [-0.3, -0.25) is 9.36 Å². The molecule has 1 saturated heterocycles. The van der Waals surface area contributed by atoms with Crippen molar-refractivity contribution in [3.8, 4) is 17.2 Å². The van der Waals surface area contributed by atoms with Gasteiger partial charge in [0.05, 0.1) is 30.4 Å². The molecule has 0 aliphatic carbocycles. The standard InChI is InChI=1S/C38H44N8O4/c1-38(2,3)50-37(48)44-18-14-33-32(24-44)35(41-46(33)30-12-16-43(17-13-30)36(47)49-25-26-9-6-5-7-10-26)45-15-8-11-27-19-31(28(21-39)20-34(27)45)29-22-40-42(4)23-29/h5-7,9-10,19-20,22-23,30H,8,11-18,24-25H2,1-4H3. The Morgan fingerprint density at radius 3 is 2.48 bits per heavy atom. The number of nitriles is 1. The number of anilines is 2. The molecule has 7 rings (SSSR count). The molecule has 0 atom stereocenters. The third-order valence-corrected chi connectivity index (χ3v) is 9.72.